The normalized spacial score (nSPS) is 19.2. The average Bonchev–Trinajstić information content (AvgIpc) is 3.07. The Labute approximate surface area is 145 Å². The molecular formula is C18H20N5O2+. The number of urea groups is 1. The van der Waals surface area contributed by atoms with E-state index in [1.807, 2.05) is 49.6 Å². The Hall–Kier alpha value is -2.96. The molecule has 0 saturated carbocycles. The SMILES string of the molecule is Cc1cccc(CN2C(=O)C3C(=Nc4[nH]c(C)c(C)[n+]43)N(C)C2=O)c1. The Bertz CT molecular complexity index is 943. The van der Waals surface area contributed by atoms with Crippen LogP contribution in [0.25, 0.3) is 0 Å². The van der Waals surface area contributed by atoms with Gasteiger partial charge in [-0.1, -0.05) is 34.8 Å². The second-order valence-corrected chi connectivity index (χ2v) is 6.66. The largest absolute Gasteiger partial charge is 0.399 e. The van der Waals surface area contributed by atoms with Crippen molar-refractivity contribution in [3.05, 3.63) is 46.8 Å². The van der Waals surface area contributed by atoms with Gasteiger partial charge in [0.05, 0.1) is 6.54 Å². The van der Waals surface area contributed by atoms with Crippen molar-refractivity contribution in [1.29, 1.82) is 0 Å². The number of carbonyl (C=O) groups is 2. The zero-order valence-corrected chi connectivity index (χ0v) is 14.7. The van der Waals surface area contributed by atoms with Crippen molar-refractivity contribution in [1.82, 2.24) is 14.8 Å². The lowest BCUT2D eigenvalue weighted by Crippen LogP contribution is -2.63. The highest BCUT2D eigenvalue weighted by molar-refractivity contribution is 6.19. The topological polar surface area (TPSA) is 72.7 Å². The van der Waals surface area contributed by atoms with Gasteiger partial charge in [0.25, 0.3) is 5.91 Å². The first kappa shape index (κ1) is 15.6. The first-order valence-electron chi connectivity index (χ1n) is 8.22. The second-order valence-electron chi connectivity index (χ2n) is 6.66. The predicted molar refractivity (Wildman–Crippen MR) is 91.5 cm³/mol. The number of H-pyrrole nitrogens is 1. The summed E-state index contributed by atoms with van der Waals surface area (Å²) in [4.78, 5) is 36.3. The molecule has 3 amide bonds. The van der Waals surface area contributed by atoms with Crippen LogP contribution >= 0.6 is 0 Å². The summed E-state index contributed by atoms with van der Waals surface area (Å²) in [7, 11) is 1.67. The lowest BCUT2D eigenvalue weighted by atomic mass is 10.1. The Morgan fingerprint density at radius 1 is 1.24 bits per heavy atom. The number of fused-ring (bicyclic) bond motifs is 3. The number of hydrogen-bond donors (Lipinski definition) is 1. The van der Waals surface area contributed by atoms with Gasteiger partial charge in [-0.3, -0.25) is 14.6 Å². The molecule has 0 aliphatic carbocycles. The zero-order chi connectivity index (χ0) is 17.9. The molecule has 128 valence electrons. The first-order chi connectivity index (χ1) is 11.9. The number of imidazole rings is 1. The molecule has 1 aromatic carbocycles. The molecule has 2 aliphatic heterocycles. The van der Waals surface area contributed by atoms with E-state index in [-0.39, 0.29) is 18.5 Å². The molecule has 7 nitrogen and oxygen atoms in total. The van der Waals surface area contributed by atoms with E-state index in [9.17, 15) is 9.59 Å². The van der Waals surface area contributed by atoms with E-state index < -0.39 is 6.04 Å². The maximum absolute atomic E-state index is 13.1. The fourth-order valence-electron chi connectivity index (χ4n) is 3.48. The molecule has 1 N–H and O–H groups in total. The van der Waals surface area contributed by atoms with E-state index in [0.717, 1.165) is 22.5 Å². The molecule has 0 bridgehead atoms. The highest BCUT2D eigenvalue weighted by Gasteiger charge is 2.53. The zero-order valence-electron chi connectivity index (χ0n) is 14.7. The van der Waals surface area contributed by atoms with Gasteiger partial charge < -0.3 is 0 Å². The van der Waals surface area contributed by atoms with E-state index >= 15 is 0 Å². The molecule has 1 aromatic heterocycles. The molecule has 1 fully saturated rings. The highest BCUT2D eigenvalue weighted by Crippen LogP contribution is 2.29. The molecule has 0 spiro atoms. The van der Waals surface area contributed by atoms with Crippen LogP contribution in [0.2, 0.25) is 0 Å². The van der Waals surface area contributed by atoms with Crippen molar-refractivity contribution in [2.24, 2.45) is 4.99 Å². The van der Waals surface area contributed by atoms with E-state index in [0.29, 0.717) is 11.8 Å². The van der Waals surface area contributed by atoms with Crippen LogP contribution in [0.15, 0.2) is 29.3 Å². The lowest BCUT2D eigenvalue weighted by Gasteiger charge is -2.33. The summed E-state index contributed by atoms with van der Waals surface area (Å²) >= 11 is 0. The molecule has 1 saturated heterocycles. The third-order valence-electron chi connectivity index (χ3n) is 4.94. The number of amidine groups is 1. The molecule has 4 rings (SSSR count). The van der Waals surface area contributed by atoms with Gasteiger partial charge >= 0.3 is 12.0 Å². The minimum Gasteiger partial charge on any atom is -0.270 e. The number of likely N-dealkylation sites (N-methyl/N-ethyl adjacent to an activating group) is 1. The molecule has 1 unspecified atom stereocenters. The number of aromatic amines is 1. The van der Waals surface area contributed by atoms with Crippen LogP contribution in [0.1, 0.15) is 28.6 Å². The summed E-state index contributed by atoms with van der Waals surface area (Å²) in [6.07, 6.45) is 0. The van der Waals surface area contributed by atoms with Crippen LogP contribution in [-0.2, 0) is 11.3 Å². The number of hydrogen-bond acceptors (Lipinski definition) is 3. The van der Waals surface area contributed by atoms with Crippen molar-refractivity contribution in [2.75, 3.05) is 7.05 Å². The van der Waals surface area contributed by atoms with Gasteiger partial charge in [0.2, 0.25) is 11.9 Å². The van der Waals surface area contributed by atoms with Crippen molar-refractivity contribution in [3.8, 4) is 0 Å². The first-order valence-corrected chi connectivity index (χ1v) is 8.22. The van der Waals surface area contributed by atoms with Crippen LogP contribution in [0.5, 0.6) is 0 Å². The third-order valence-corrected chi connectivity index (χ3v) is 4.94. The van der Waals surface area contributed by atoms with Crippen LogP contribution in [-0.4, -0.2) is 39.6 Å². The van der Waals surface area contributed by atoms with E-state index in [2.05, 4.69) is 9.98 Å². The fourth-order valence-corrected chi connectivity index (χ4v) is 3.48. The number of aryl methyl sites for hydroxylation is 2. The summed E-state index contributed by atoms with van der Waals surface area (Å²) in [5.41, 5.74) is 3.95. The van der Waals surface area contributed by atoms with Crippen molar-refractivity contribution in [3.63, 3.8) is 0 Å². The highest BCUT2D eigenvalue weighted by atomic mass is 16.2. The number of carbonyl (C=O) groups excluding carboxylic acids is 2. The van der Waals surface area contributed by atoms with Crippen molar-refractivity contribution in [2.45, 2.75) is 33.4 Å². The summed E-state index contributed by atoms with van der Waals surface area (Å²) in [6.45, 7) is 6.14. The number of aromatic nitrogens is 2. The fraction of sp³-hybridized carbons (Fsp3) is 0.333. The number of rotatable bonds is 2. The van der Waals surface area contributed by atoms with Gasteiger partial charge in [0, 0.05) is 7.05 Å². The maximum Gasteiger partial charge on any atom is 0.399 e. The molecular weight excluding hydrogens is 318 g/mol. The van der Waals surface area contributed by atoms with Crippen LogP contribution in [0, 0.1) is 20.8 Å². The summed E-state index contributed by atoms with van der Waals surface area (Å²) < 4.78 is 1.87. The van der Waals surface area contributed by atoms with E-state index in [1.165, 1.54) is 9.80 Å². The van der Waals surface area contributed by atoms with Gasteiger partial charge in [0.15, 0.2) is 0 Å². The van der Waals surface area contributed by atoms with Gasteiger partial charge in [-0.2, -0.15) is 0 Å². The van der Waals surface area contributed by atoms with Gasteiger partial charge in [-0.15, -0.1) is 0 Å². The standard InChI is InChI=1S/C18H19N5O2/c1-10-6-5-7-13(8-10)9-22-16(24)14-15(21(4)18(22)25)20-17-19-11(2)12(3)23(14)17/h5-8,14H,9H2,1-4H3/p+1. The average molecular weight is 338 g/mol. The predicted octanol–water partition coefficient (Wildman–Crippen LogP) is 1.91. The summed E-state index contributed by atoms with van der Waals surface area (Å²) in [5.74, 6) is 0.847. The Balaban J connectivity index is 1.74. The molecule has 1 atom stereocenters. The second kappa shape index (κ2) is 5.27. The molecule has 25 heavy (non-hydrogen) atoms. The monoisotopic (exact) mass is 338 g/mol. The number of amides is 3. The minimum atomic E-state index is -0.590. The minimum absolute atomic E-state index is 0.241. The Morgan fingerprint density at radius 3 is 2.72 bits per heavy atom. The van der Waals surface area contributed by atoms with E-state index in [1.54, 1.807) is 7.05 Å². The summed E-state index contributed by atoms with van der Waals surface area (Å²) in [5, 5.41) is 0. The lowest BCUT2D eigenvalue weighted by molar-refractivity contribution is -0.682. The quantitative estimate of drug-likeness (QED) is 0.850. The number of imide groups is 1. The van der Waals surface area contributed by atoms with Gasteiger partial charge in [-0.25, -0.2) is 14.3 Å². The molecule has 2 aliphatic rings. The molecule has 3 heterocycles. The van der Waals surface area contributed by atoms with Crippen molar-refractivity contribution >= 4 is 23.7 Å². The molecule has 7 heteroatoms. The van der Waals surface area contributed by atoms with E-state index in [4.69, 9.17) is 0 Å². The Kier molecular flexibility index (Phi) is 3.28. The number of benzene rings is 1. The Morgan fingerprint density at radius 2 is 2.00 bits per heavy atom. The maximum atomic E-state index is 13.1. The van der Waals surface area contributed by atoms with Gasteiger partial charge in [-0.05, 0) is 26.3 Å². The molecule has 2 aromatic rings. The smallest absolute Gasteiger partial charge is 0.270 e. The molecule has 0 radical (unpaired) electrons. The number of nitrogens with zero attached hydrogens (tertiary/aromatic N) is 4. The van der Waals surface area contributed by atoms with Crippen molar-refractivity contribution < 1.29 is 14.2 Å². The third kappa shape index (κ3) is 2.19. The van der Waals surface area contributed by atoms with Crippen LogP contribution in [0.4, 0.5) is 10.7 Å². The summed E-state index contributed by atoms with van der Waals surface area (Å²) in [6, 6.07) is 6.90. The van der Waals surface area contributed by atoms with Gasteiger partial charge in [0.1, 0.15) is 11.4 Å². The van der Waals surface area contributed by atoms with Crippen LogP contribution < -0.4 is 4.57 Å². The number of nitrogens with one attached hydrogen (secondary N) is 1. The van der Waals surface area contributed by atoms with Crippen LogP contribution in [0.3, 0.4) is 0 Å². The number of aliphatic imine (C=N–C) groups is 1.